The fraction of sp³-hybridized carbons (Fsp3) is 0.700. The van der Waals surface area contributed by atoms with Crippen molar-refractivity contribution in [3.05, 3.63) is 12.3 Å². The van der Waals surface area contributed by atoms with E-state index in [0.717, 1.165) is 25.0 Å². The van der Waals surface area contributed by atoms with E-state index in [2.05, 4.69) is 25.9 Å². The highest BCUT2D eigenvalue weighted by Gasteiger charge is 2.30. The third-order valence-corrected chi connectivity index (χ3v) is 5.44. The van der Waals surface area contributed by atoms with E-state index in [1.165, 1.54) is 15.2 Å². The number of aromatic nitrogens is 2. The summed E-state index contributed by atoms with van der Waals surface area (Å²) in [5.74, 6) is 0. The predicted octanol–water partition coefficient (Wildman–Crippen LogP) is 0.121. The van der Waals surface area contributed by atoms with Crippen LogP contribution in [0.5, 0.6) is 0 Å². The number of sulfonamides is 1. The van der Waals surface area contributed by atoms with Crippen LogP contribution in [0.25, 0.3) is 0 Å². The van der Waals surface area contributed by atoms with Crippen molar-refractivity contribution in [3.8, 4) is 0 Å². The van der Waals surface area contributed by atoms with Gasteiger partial charge in [0.05, 0.1) is 6.20 Å². The lowest BCUT2D eigenvalue weighted by Gasteiger charge is -2.33. The largest absolute Gasteiger partial charge is 0.300 e. The van der Waals surface area contributed by atoms with Crippen molar-refractivity contribution >= 4 is 26.0 Å². The second-order valence-electron chi connectivity index (χ2n) is 4.23. The maximum atomic E-state index is 12.4. The van der Waals surface area contributed by atoms with Gasteiger partial charge in [0.15, 0.2) is 5.03 Å². The zero-order valence-electron chi connectivity index (χ0n) is 10.3. The zero-order chi connectivity index (χ0) is 13.2. The first-order chi connectivity index (χ1) is 8.55. The molecule has 0 aromatic carbocycles. The van der Waals surface area contributed by atoms with Crippen molar-refractivity contribution in [2.75, 3.05) is 38.1 Å². The Balaban J connectivity index is 2.08. The molecule has 2 heterocycles. The molecule has 1 aliphatic rings. The SMILES string of the molecule is Cn1nccc1S(=O)(=O)N1CCN(CCBr)CC1. The summed E-state index contributed by atoms with van der Waals surface area (Å²) < 4.78 is 27.7. The molecule has 0 spiro atoms. The molecule has 1 saturated heterocycles. The van der Waals surface area contributed by atoms with E-state index in [1.54, 1.807) is 13.1 Å². The molecule has 0 unspecified atom stereocenters. The van der Waals surface area contributed by atoms with E-state index in [1.807, 2.05) is 0 Å². The molecule has 0 radical (unpaired) electrons. The summed E-state index contributed by atoms with van der Waals surface area (Å²) in [6.07, 6.45) is 1.51. The van der Waals surface area contributed by atoms with Crippen molar-refractivity contribution in [1.29, 1.82) is 0 Å². The van der Waals surface area contributed by atoms with Crippen molar-refractivity contribution in [3.63, 3.8) is 0 Å². The molecule has 0 amide bonds. The summed E-state index contributed by atoms with van der Waals surface area (Å²) in [5, 5.41) is 5.10. The Morgan fingerprint density at radius 3 is 2.50 bits per heavy atom. The molecule has 102 valence electrons. The molecule has 0 N–H and O–H groups in total. The van der Waals surface area contributed by atoms with Crippen LogP contribution < -0.4 is 0 Å². The molecule has 1 fully saturated rings. The molecule has 6 nitrogen and oxygen atoms in total. The molecule has 0 aliphatic carbocycles. The van der Waals surface area contributed by atoms with Crippen LogP contribution in [0.15, 0.2) is 17.3 Å². The molecular formula is C10H17BrN4O2S. The third kappa shape index (κ3) is 2.76. The van der Waals surface area contributed by atoms with Crippen LogP contribution in [0.4, 0.5) is 0 Å². The molecule has 0 atom stereocenters. The Labute approximate surface area is 116 Å². The molecular weight excluding hydrogens is 320 g/mol. The molecule has 2 rings (SSSR count). The molecule has 1 aliphatic heterocycles. The first kappa shape index (κ1) is 14.0. The van der Waals surface area contributed by atoms with Gasteiger partial charge in [-0.2, -0.15) is 9.40 Å². The summed E-state index contributed by atoms with van der Waals surface area (Å²) in [6.45, 7) is 3.60. The average molecular weight is 337 g/mol. The number of alkyl halides is 1. The Morgan fingerprint density at radius 1 is 1.33 bits per heavy atom. The number of nitrogens with zero attached hydrogens (tertiary/aromatic N) is 4. The van der Waals surface area contributed by atoms with Gasteiger partial charge in [0.2, 0.25) is 0 Å². The number of rotatable bonds is 4. The second-order valence-corrected chi connectivity index (χ2v) is 6.91. The fourth-order valence-electron chi connectivity index (χ4n) is 2.06. The van der Waals surface area contributed by atoms with Gasteiger partial charge >= 0.3 is 0 Å². The van der Waals surface area contributed by atoms with E-state index in [4.69, 9.17) is 0 Å². The lowest BCUT2D eigenvalue weighted by Crippen LogP contribution is -2.49. The number of halogens is 1. The maximum Gasteiger partial charge on any atom is 0.260 e. The Kier molecular flexibility index (Phi) is 4.41. The quantitative estimate of drug-likeness (QED) is 0.733. The minimum absolute atomic E-state index is 0.261. The highest BCUT2D eigenvalue weighted by Crippen LogP contribution is 2.16. The van der Waals surface area contributed by atoms with Gasteiger partial charge in [-0.3, -0.25) is 9.58 Å². The molecule has 0 saturated carbocycles. The Bertz CT molecular complexity index is 494. The summed E-state index contributed by atoms with van der Waals surface area (Å²) >= 11 is 3.40. The smallest absolute Gasteiger partial charge is 0.260 e. The standard InChI is InChI=1S/C10H17BrN4O2S/c1-13-10(2-4-12-13)18(16,17)15-8-6-14(5-3-11)7-9-15/h2,4H,3,5-9H2,1H3. The van der Waals surface area contributed by atoms with Crippen LogP contribution in [0.2, 0.25) is 0 Å². The van der Waals surface area contributed by atoms with Gasteiger partial charge in [-0.1, -0.05) is 15.9 Å². The molecule has 1 aromatic rings. The van der Waals surface area contributed by atoms with E-state index in [0.29, 0.717) is 13.1 Å². The highest BCUT2D eigenvalue weighted by atomic mass is 79.9. The minimum Gasteiger partial charge on any atom is -0.300 e. The Morgan fingerprint density at radius 2 is 2.00 bits per heavy atom. The van der Waals surface area contributed by atoms with Gasteiger partial charge in [-0.15, -0.1) is 0 Å². The van der Waals surface area contributed by atoms with Crippen LogP contribution in [-0.2, 0) is 17.1 Å². The highest BCUT2D eigenvalue weighted by molar-refractivity contribution is 9.09. The summed E-state index contributed by atoms with van der Waals surface area (Å²) in [5.41, 5.74) is 0. The van der Waals surface area contributed by atoms with E-state index < -0.39 is 10.0 Å². The van der Waals surface area contributed by atoms with Crippen molar-refractivity contribution in [2.24, 2.45) is 7.05 Å². The van der Waals surface area contributed by atoms with E-state index in [9.17, 15) is 8.42 Å². The molecule has 8 heteroatoms. The van der Waals surface area contributed by atoms with Crippen molar-refractivity contribution < 1.29 is 8.42 Å². The maximum absolute atomic E-state index is 12.4. The van der Waals surface area contributed by atoms with Gasteiger partial charge in [0.1, 0.15) is 0 Å². The van der Waals surface area contributed by atoms with Gasteiger partial charge in [-0.25, -0.2) is 8.42 Å². The third-order valence-electron chi connectivity index (χ3n) is 3.11. The lowest BCUT2D eigenvalue weighted by atomic mass is 10.4. The van der Waals surface area contributed by atoms with Crippen molar-refractivity contribution in [1.82, 2.24) is 19.0 Å². The fourth-order valence-corrected chi connectivity index (χ4v) is 4.08. The first-order valence-electron chi connectivity index (χ1n) is 5.82. The van der Waals surface area contributed by atoms with Gasteiger partial charge in [0, 0.05) is 45.1 Å². The van der Waals surface area contributed by atoms with E-state index in [-0.39, 0.29) is 5.03 Å². The number of aryl methyl sites for hydroxylation is 1. The zero-order valence-corrected chi connectivity index (χ0v) is 12.7. The monoisotopic (exact) mass is 336 g/mol. The average Bonchev–Trinajstić information content (AvgIpc) is 2.77. The van der Waals surface area contributed by atoms with Gasteiger partial charge < -0.3 is 0 Å². The van der Waals surface area contributed by atoms with Gasteiger partial charge in [0.25, 0.3) is 10.0 Å². The summed E-state index contributed by atoms with van der Waals surface area (Å²) in [7, 11) is -1.75. The van der Waals surface area contributed by atoms with Crippen molar-refractivity contribution in [2.45, 2.75) is 5.03 Å². The first-order valence-corrected chi connectivity index (χ1v) is 8.38. The van der Waals surface area contributed by atoms with Crippen LogP contribution in [0.3, 0.4) is 0 Å². The van der Waals surface area contributed by atoms with Crippen LogP contribution in [0.1, 0.15) is 0 Å². The van der Waals surface area contributed by atoms with Gasteiger partial charge in [-0.05, 0) is 6.07 Å². The summed E-state index contributed by atoms with van der Waals surface area (Å²) in [4.78, 5) is 2.25. The topological polar surface area (TPSA) is 58.4 Å². The molecule has 18 heavy (non-hydrogen) atoms. The van der Waals surface area contributed by atoms with E-state index >= 15 is 0 Å². The normalized spacial score (nSPS) is 19.2. The number of piperazine rings is 1. The predicted molar refractivity (Wildman–Crippen MR) is 72.2 cm³/mol. The van der Waals surface area contributed by atoms with Crippen LogP contribution >= 0.6 is 15.9 Å². The molecule has 0 bridgehead atoms. The molecule has 1 aromatic heterocycles. The second kappa shape index (κ2) is 5.68. The van der Waals surface area contributed by atoms with Crippen LogP contribution in [-0.4, -0.2) is 65.5 Å². The minimum atomic E-state index is -3.39. The number of hydrogen-bond acceptors (Lipinski definition) is 4. The summed E-state index contributed by atoms with van der Waals surface area (Å²) in [6, 6.07) is 1.54. The lowest BCUT2D eigenvalue weighted by molar-refractivity contribution is 0.197. The Hall–Kier alpha value is -0.440. The number of hydrogen-bond donors (Lipinski definition) is 0. The van der Waals surface area contributed by atoms with Crippen LogP contribution in [0, 0.1) is 0 Å².